The summed E-state index contributed by atoms with van der Waals surface area (Å²) in [5.74, 6) is 0.0158. The van der Waals surface area contributed by atoms with E-state index in [0.29, 0.717) is 5.82 Å². The van der Waals surface area contributed by atoms with Crippen LogP contribution in [0.15, 0.2) is 36.8 Å². The number of nitrogen functional groups attached to an aromatic ring is 1. The van der Waals surface area contributed by atoms with Crippen molar-refractivity contribution in [1.82, 2.24) is 14.8 Å². The predicted molar refractivity (Wildman–Crippen MR) is 60.7 cm³/mol. The first-order valence-corrected chi connectivity index (χ1v) is 5.07. The summed E-state index contributed by atoms with van der Waals surface area (Å²) in [4.78, 5) is 15.4. The number of hydrogen-bond acceptors (Lipinski definition) is 5. The minimum Gasteiger partial charge on any atom is -0.459 e. The monoisotopic (exact) mass is 232 g/mol. The molecular formula is C11H12N4O2. The zero-order chi connectivity index (χ0) is 12.1. The standard InChI is InChI=1S/C11H12N4O2/c12-10-3-5-15(14-10)7-11(16)17-8-9-2-1-4-13-6-9/h1-6H,7-8H2,(H2,12,14). The van der Waals surface area contributed by atoms with Crippen molar-refractivity contribution in [3.05, 3.63) is 42.4 Å². The third-order valence-electron chi connectivity index (χ3n) is 2.08. The van der Waals surface area contributed by atoms with Crippen molar-refractivity contribution in [2.24, 2.45) is 0 Å². The van der Waals surface area contributed by atoms with Gasteiger partial charge in [-0.3, -0.25) is 14.5 Å². The second-order valence-electron chi connectivity index (χ2n) is 3.46. The SMILES string of the molecule is Nc1ccn(CC(=O)OCc2cccnc2)n1. The molecule has 0 aliphatic rings. The summed E-state index contributed by atoms with van der Waals surface area (Å²) in [5.41, 5.74) is 6.28. The van der Waals surface area contributed by atoms with Gasteiger partial charge in [0.25, 0.3) is 0 Å². The van der Waals surface area contributed by atoms with E-state index in [9.17, 15) is 4.79 Å². The highest BCUT2D eigenvalue weighted by Crippen LogP contribution is 2.00. The molecule has 6 nitrogen and oxygen atoms in total. The molecule has 2 heterocycles. The van der Waals surface area contributed by atoms with Crippen LogP contribution in [0.3, 0.4) is 0 Å². The topological polar surface area (TPSA) is 83.0 Å². The van der Waals surface area contributed by atoms with Gasteiger partial charge in [0.1, 0.15) is 19.0 Å². The number of hydrogen-bond donors (Lipinski definition) is 1. The van der Waals surface area contributed by atoms with Crippen molar-refractivity contribution < 1.29 is 9.53 Å². The van der Waals surface area contributed by atoms with Crippen molar-refractivity contribution in [2.75, 3.05) is 5.73 Å². The summed E-state index contributed by atoms with van der Waals surface area (Å²) >= 11 is 0. The van der Waals surface area contributed by atoms with E-state index in [1.54, 1.807) is 30.7 Å². The van der Waals surface area contributed by atoms with E-state index in [4.69, 9.17) is 10.5 Å². The number of aromatic nitrogens is 3. The number of carbonyl (C=O) groups excluding carboxylic acids is 1. The average Bonchev–Trinajstić information content (AvgIpc) is 2.73. The van der Waals surface area contributed by atoms with Crippen molar-refractivity contribution in [1.29, 1.82) is 0 Å². The lowest BCUT2D eigenvalue weighted by Crippen LogP contribution is -2.14. The van der Waals surface area contributed by atoms with Gasteiger partial charge in [-0.05, 0) is 12.1 Å². The smallest absolute Gasteiger partial charge is 0.328 e. The van der Waals surface area contributed by atoms with Crippen LogP contribution >= 0.6 is 0 Å². The quantitative estimate of drug-likeness (QED) is 0.780. The number of ether oxygens (including phenoxy) is 1. The summed E-state index contributed by atoms with van der Waals surface area (Å²) in [6.45, 7) is 0.265. The minimum absolute atomic E-state index is 0.0530. The molecule has 0 aromatic carbocycles. The van der Waals surface area contributed by atoms with Crippen LogP contribution in [0.2, 0.25) is 0 Å². The Kier molecular flexibility index (Phi) is 3.34. The highest BCUT2D eigenvalue weighted by molar-refractivity contribution is 5.69. The van der Waals surface area contributed by atoms with Gasteiger partial charge in [-0.1, -0.05) is 6.07 Å². The summed E-state index contributed by atoms with van der Waals surface area (Å²) < 4.78 is 6.49. The van der Waals surface area contributed by atoms with Crippen molar-refractivity contribution >= 4 is 11.8 Å². The average molecular weight is 232 g/mol. The van der Waals surface area contributed by atoms with Gasteiger partial charge in [0, 0.05) is 24.2 Å². The maximum Gasteiger partial charge on any atom is 0.328 e. The van der Waals surface area contributed by atoms with Crippen LogP contribution in [0.1, 0.15) is 5.56 Å². The number of anilines is 1. The zero-order valence-corrected chi connectivity index (χ0v) is 9.11. The van der Waals surface area contributed by atoms with E-state index in [1.165, 1.54) is 4.68 Å². The van der Waals surface area contributed by atoms with E-state index >= 15 is 0 Å². The zero-order valence-electron chi connectivity index (χ0n) is 9.11. The molecule has 0 amide bonds. The predicted octanol–water partition coefficient (Wildman–Crippen LogP) is 0.604. The van der Waals surface area contributed by atoms with Crippen LogP contribution in [0.25, 0.3) is 0 Å². The first kappa shape index (κ1) is 11.1. The van der Waals surface area contributed by atoms with Crippen molar-refractivity contribution in [3.63, 3.8) is 0 Å². The normalized spacial score (nSPS) is 10.1. The molecule has 0 aliphatic heterocycles. The minimum atomic E-state index is -0.364. The molecule has 0 unspecified atom stereocenters. The molecule has 17 heavy (non-hydrogen) atoms. The molecule has 0 bridgehead atoms. The highest BCUT2D eigenvalue weighted by atomic mass is 16.5. The van der Waals surface area contributed by atoms with Crippen LogP contribution in [-0.2, 0) is 22.7 Å². The van der Waals surface area contributed by atoms with Gasteiger partial charge in [-0.15, -0.1) is 0 Å². The Labute approximate surface area is 98.0 Å². The summed E-state index contributed by atoms with van der Waals surface area (Å²) in [7, 11) is 0. The van der Waals surface area contributed by atoms with E-state index in [0.717, 1.165) is 5.56 Å². The third kappa shape index (κ3) is 3.30. The Morgan fingerprint density at radius 2 is 2.35 bits per heavy atom. The number of esters is 1. The Morgan fingerprint density at radius 3 is 3.00 bits per heavy atom. The molecule has 0 spiro atoms. The number of carbonyl (C=O) groups is 1. The molecular weight excluding hydrogens is 220 g/mol. The molecule has 2 N–H and O–H groups in total. The second-order valence-corrected chi connectivity index (χ2v) is 3.46. The third-order valence-corrected chi connectivity index (χ3v) is 2.08. The van der Waals surface area contributed by atoms with E-state index in [1.807, 2.05) is 6.07 Å². The lowest BCUT2D eigenvalue weighted by molar-refractivity contribution is -0.145. The maximum absolute atomic E-state index is 11.5. The van der Waals surface area contributed by atoms with E-state index in [2.05, 4.69) is 10.1 Å². The molecule has 0 saturated heterocycles. The van der Waals surface area contributed by atoms with Crippen LogP contribution < -0.4 is 5.73 Å². The van der Waals surface area contributed by atoms with E-state index in [-0.39, 0.29) is 19.1 Å². The van der Waals surface area contributed by atoms with Gasteiger partial charge in [-0.25, -0.2) is 0 Å². The first-order valence-electron chi connectivity index (χ1n) is 5.07. The largest absolute Gasteiger partial charge is 0.459 e. The molecule has 0 radical (unpaired) electrons. The molecule has 2 aromatic heterocycles. The number of rotatable bonds is 4. The molecule has 0 atom stereocenters. The van der Waals surface area contributed by atoms with Crippen molar-refractivity contribution in [2.45, 2.75) is 13.2 Å². The van der Waals surface area contributed by atoms with Gasteiger partial charge in [0.2, 0.25) is 0 Å². The molecule has 2 aromatic rings. The molecule has 0 fully saturated rings. The fourth-order valence-corrected chi connectivity index (χ4v) is 1.29. The van der Waals surface area contributed by atoms with Crippen LogP contribution in [-0.4, -0.2) is 20.7 Å². The van der Waals surface area contributed by atoms with Gasteiger partial charge >= 0.3 is 5.97 Å². The number of nitrogens with two attached hydrogens (primary N) is 1. The Hall–Kier alpha value is -2.37. The lowest BCUT2D eigenvalue weighted by Gasteiger charge is -2.04. The van der Waals surface area contributed by atoms with Gasteiger partial charge in [0.05, 0.1) is 0 Å². The summed E-state index contributed by atoms with van der Waals surface area (Å²) in [6.07, 6.45) is 4.94. The van der Waals surface area contributed by atoms with Gasteiger partial charge < -0.3 is 10.5 Å². The first-order chi connectivity index (χ1) is 8.24. The summed E-state index contributed by atoms with van der Waals surface area (Å²) in [6, 6.07) is 5.25. The lowest BCUT2D eigenvalue weighted by atomic mass is 10.3. The van der Waals surface area contributed by atoms with Crippen LogP contribution in [0.5, 0.6) is 0 Å². The molecule has 2 rings (SSSR count). The Morgan fingerprint density at radius 1 is 1.47 bits per heavy atom. The number of nitrogens with zero attached hydrogens (tertiary/aromatic N) is 3. The molecule has 0 saturated carbocycles. The number of pyridine rings is 1. The Balaban J connectivity index is 1.82. The highest BCUT2D eigenvalue weighted by Gasteiger charge is 2.05. The van der Waals surface area contributed by atoms with Crippen LogP contribution in [0, 0.1) is 0 Å². The van der Waals surface area contributed by atoms with E-state index < -0.39 is 0 Å². The fraction of sp³-hybridized carbons (Fsp3) is 0.182. The fourth-order valence-electron chi connectivity index (χ4n) is 1.29. The van der Waals surface area contributed by atoms with Crippen molar-refractivity contribution in [3.8, 4) is 0 Å². The second kappa shape index (κ2) is 5.11. The maximum atomic E-state index is 11.5. The molecule has 6 heteroatoms. The molecule has 88 valence electrons. The Bertz CT molecular complexity index is 495. The summed E-state index contributed by atoms with van der Waals surface area (Å²) in [5, 5.41) is 3.89. The van der Waals surface area contributed by atoms with Gasteiger partial charge in [0.15, 0.2) is 0 Å². The molecule has 0 aliphatic carbocycles. The van der Waals surface area contributed by atoms with Gasteiger partial charge in [-0.2, -0.15) is 5.10 Å². The van der Waals surface area contributed by atoms with Crippen LogP contribution in [0.4, 0.5) is 5.82 Å².